The molecule has 11 rings (SSSR count). The van der Waals surface area contributed by atoms with Gasteiger partial charge in [0.2, 0.25) is 11.8 Å². The number of carbonyl (C=O) groups excluding carboxylic acids is 2. The zero-order chi connectivity index (χ0) is 52.5. The summed E-state index contributed by atoms with van der Waals surface area (Å²) in [5, 5.41) is 4.10. The molecule has 14 heteroatoms. The smallest absolute Gasteiger partial charge is 1.00 e. The second-order valence-corrected chi connectivity index (χ2v) is 20.4. The molecule has 1 radical (unpaired) electrons. The van der Waals surface area contributed by atoms with E-state index in [-0.39, 0.29) is 54.1 Å². The Morgan fingerprint density at radius 2 is 0.897 bits per heavy atom. The van der Waals surface area contributed by atoms with Gasteiger partial charge in [0.15, 0.2) is 9.60 Å². The fourth-order valence-corrected chi connectivity index (χ4v) is 11.8. The zero-order valence-corrected chi connectivity index (χ0v) is 46.8. The van der Waals surface area contributed by atoms with Crippen LogP contribution >= 0.6 is 22.7 Å². The standard InChI is InChI=1S/C64H52N8O2S2.ClH.Fe/c1-7-47-39(3)51-33-52-41(5)49(29-31-61(73)69-63-71(45-25-17-11-18-26-45)59(37-75-63)43-21-13-9-14-22-43)57(67-52)36-58-50(42(6)54(68-58)35-56-48(8-2)40(4)53(66-56)34-55(47)65-51)30-32-62(74)70-64-72(46-27-19-12-20-28-46)60(38-76-64)44-23-15-10-16-24-44;;/h7-28,33-38H,1-2,29-32H2,3-6H3;1H;/q-2;;+3/p-1. The average molecular weight is 1120 g/mol. The van der Waals surface area contributed by atoms with Crippen molar-refractivity contribution in [3.05, 3.63) is 236 Å². The maximum atomic E-state index is 14.2. The van der Waals surface area contributed by atoms with Gasteiger partial charge in [0.05, 0.1) is 34.2 Å². The summed E-state index contributed by atoms with van der Waals surface area (Å²) in [6.07, 6.45) is 4.67. The fourth-order valence-electron chi connectivity index (χ4n) is 9.99. The number of rotatable bonds is 12. The van der Waals surface area contributed by atoms with Gasteiger partial charge < -0.3 is 22.4 Å². The van der Waals surface area contributed by atoms with E-state index in [0.717, 1.165) is 112 Å². The number of benzene rings is 4. The Labute approximate surface area is 477 Å². The molecule has 387 valence electrons. The number of hydrogen-bond acceptors (Lipinski definition) is 6. The van der Waals surface area contributed by atoms with Crippen molar-refractivity contribution < 1.29 is 39.1 Å². The van der Waals surface area contributed by atoms with Crippen LogP contribution in [0.15, 0.2) is 192 Å². The third-order valence-corrected chi connectivity index (χ3v) is 15.7. The molecule has 0 spiro atoms. The van der Waals surface area contributed by atoms with Gasteiger partial charge >= 0.3 is 17.1 Å². The molecule has 2 aliphatic rings. The van der Waals surface area contributed by atoms with Gasteiger partial charge in [-0.05, 0) is 93.1 Å². The first-order chi connectivity index (χ1) is 37.1. The number of aryl methyl sites for hydroxylation is 4. The van der Waals surface area contributed by atoms with Crippen LogP contribution in [0.5, 0.6) is 0 Å². The first-order valence-corrected chi connectivity index (χ1v) is 26.9. The Morgan fingerprint density at radius 3 is 1.31 bits per heavy atom. The second kappa shape index (κ2) is 23.7. The summed E-state index contributed by atoms with van der Waals surface area (Å²) >= 11 is 2.88. The van der Waals surface area contributed by atoms with Crippen LogP contribution in [-0.2, 0) is 39.5 Å². The molecule has 78 heavy (non-hydrogen) atoms. The molecule has 0 unspecified atom stereocenters. The van der Waals surface area contributed by atoms with Crippen molar-refractivity contribution in [1.29, 1.82) is 0 Å². The summed E-state index contributed by atoms with van der Waals surface area (Å²) < 4.78 is 4.08. The molecule has 0 atom stereocenters. The van der Waals surface area contributed by atoms with Crippen LogP contribution in [0.4, 0.5) is 0 Å². The van der Waals surface area contributed by atoms with E-state index in [1.165, 1.54) is 22.7 Å². The Balaban J connectivity index is 0.00000370. The van der Waals surface area contributed by atoms with Crippen molar-refractivity contribution in [2.75, 3.05) is 0 Å². The van der Waals surface area contributed by atoms with Gasteiger partial charge in [-0.3, -0.25) is 18.7 Å². The first-order valence-electron chi connectivity index (χ1n) is 25.2. The molecule has 0 saturated heterocycles. The molecule has 0 aliphatic carbocycles. The molecule has 7 heterocycles. The van der Waals surface area contributed by atoms with Crippen molar-refractivity contribution in [3.63, 3.8) is 0 Å². The number of amides is 2. The summed E-state index contributed by atoms with van der Waals surface area (Å²) in [5.41, 5.74) is 19.0. The largest absolute Gasteiger partial charge is 3.00 e. The van der Waals surface area contributed by atoms with Crippen molar-refractivity contribution in [2.24, 2.45) is 9.98 Å². The predicted octanol–water partition coefficient (Wildman–Crippen LogP) is 10.6. The second-order valence-electron chi connectivity index (χ2n) is 18.7. The van der Waals surface area contributed by atoms with E-state index in [9.17, 15) is 9.59 Å². The topological polar surface area (TPSA) is 123 Å². The van der Waals surface area contributed by atoms with Crippen LogP contribution in [0.3, 0.4) is 0 Å². The van der Waals surface area contributed by atoms with Gasteiger partial charge in [-0.25, -0.2) is 9.97 Å². The number of para-hydroxylation sites is 2. The summed E-state index contributed by atoms with van der Waals surface area (Å²) in [6, 6.07) is 48.3. The normalized spacial score (nSPS) is 12.6. The van der Waals surface area contributed by atoms with E-state index < -0.39 is 0 Å². The van der Waals surface area contributed by atoms with Gasteiger partial charge in [-0.1, -0.05) is 163 Å². The van der Waals surface area contributed by atoms with Crippen molar-refractivity contribution in [2.45, 2.75) is 53.4 Å². The number of thiazole rings is 2. The van der Waals surface area contributed by atoms with Crippen LogP contribution in [0.25, 0.3) is 78.2 Å². The molecule has 0 saturated carbocycles. The van der Waals surface area contributed by atoms with Gasteiger partial charge in [-0.2, -0.15) is 9.98 Å². The monoisotopic (exact) mass is 1120 g/mol. The Bertz CT molecular complexity index is 4180. The van der Waals surface area contributed by atoms with E-state index >= 15 is 0 Å². The molecule has 5 aromatic heterocycles. The number of carbonyl (C=O) groups is 2. The summed E-state index contributed by atoms with van der Waals surface area (Å²) in [7, 11) is 0. The first kappa shape index (κ1) is 54.7. The van der Waals surface area contributed by atoms with Gasteiger partial charge in [0.25, 0.3) is 0 Å². The average Bonchev–Trinajstić information content (AvgIpc) is 4.31. The maximum Gasteiger partial charge on any atom is 3.00 e. The molecule has 9 aromatic rings. The quantitative estimate of drug-likeness (QED) is 0.112. The Morgan fingerprint density at radius 1 is 0.526 bits per heavy atom. The number of nitrogens with zero attached hydrogens (tertiary/aromatic N) is 8. The molecule has 0 fully saturated rings. The van der Waals surface area contributed by atoms with Crippen molar-refractivity contribution in [1.82, 2.24) is 29.1 Å². The predicted molar refractivity (Wildman–Crippen MR) is 310 cm³/mol. The van der Waals surface area contributed by atoms with Crippen LogP contribution < -0.4 is 32.0 Å². The molecule has 10 nitrogen and oxygen atoms in total. The van der Waals surface area contributed by atoms with Crippen molar-refractivity contribution in [3.8, 4) is 33.9 Å². The SMILES string of the molecule is C=CC1=C(C)c2cc3[n-]c(cc4[n-]c(cc5nc(cc1n2)C(C)=C5C=C)c(C)c4CCC(=O)N=c1scc(-c2ccccc2)n1-c1ccccc1)c(CCC(=O)N=c1scc(-c2ccccc2)n1-c1ccccc1)c3C.[Cl-].[Fe+3]. The number of allylic oxidation sites excluding steroid dienone is 6. The Hall–Kier alpha value is -8.03. The molecule has 2 aliphatic heterocycles. The molecule has 0 N–H and O–H groups in total. The zero-order valence-electron chi connectivity index (χ0n) is 43.4. The molecular weight excluding hydrogens is 1070 g/mol. The summed E-state index contributed by atoms with van der Waals surface area (Å²) in [4.78, 5) is 60.0. The van der Waals surface area contributed by atoms with Crippen LogP contribution in [0, 0.1) is 13.8 Å². The number of halogens is 1. The number of hydrogen-bond donors (Lipinski definition) is 0. The third-order valence-electron chi connectivity index (χ3n) is 14.1. The van der Waals surface area contributed by atoms with Crippen LogP contribution in [0.1, 0.15) is 71.7 Å². The maximum absolute atomic E-state index is 14.2. The van der Waals surface area contributed by atoms with E-state index in [2.05, 4.69) is 37.4 Å². The third kappa shape index (κ3) is 10.8. The minimum absolute atomic E-state index is 0. The van der Waals surface area contributed by atoms with Gasteiger partial charge in [-0.15, -0.1) is 44.7 Å². The molecular formula is C64H52ClFeN8O2S2. The molecule has 2 amide bonds. The van der Waals surface area contributed by atoms with E-state index in [1.807, 2.05) is 181 Å². The minimum Gasteiger partial charge on any atom is -1.00 e. The summed E-state index contributed by atoms with van der Waals surface area (Å²) in [5.74, 6) is -0.505. The van der Waals surface area contributed by atoms with Gasteiger partial charge in [0.1, 0.15) is 0 Å². The summed E-state index contributed by atoms with van der Waals surface area (Å²) in [6.45, 7) is 16.5. The van der Waals surface area contributed by atoms with Crippen LogP contribution in [0.2, 0.25) is 0 Å². The van der Waals surface area contributed by atoms with E-state index in [0.29, 0.717) is 33.5 Å². The molecule has 4 aromatic carbocycles. The number of aromatic nitrogens is 6. The molecule has 8 bridgehead atoms. The van der Waals surface area contributed by atoms with E-state index in [4.69, 9.17) is 29.9 Å². The van der Waals surface area contributed by atoms with Crippen LogP contribution in [-0.4, -0.2) is 30.9 Å². The minimum atomic E-state index is -0.253. The Kier molecular flexibility index (Phi) is 16.6. The fraction of sp³-hybridized carbons (Fsp3) is 0.125. The van der Waals surface area contributed by atoms with Gasteiger partial charge in [0, 0.05) is 46.1 Å². The van der Waals surface area contributed by atoms with E-state index in [1.54, 1.807) is 0 Å². The van der Waals surface area contributed by atoms with Crippen molar-refractivity contribution >= 4 is 78.8 Å². The number of fused-ring (bicyclic) bond motifs is 8.